The fourth-order valence-corrected chi connectivity index (χ4v) is 1.24. The van der Waals surface area contributed by atoms with Crippen LogP contribution in [0.4, 0.5) is 0 Å². The number of rotatable bonds is 1. The van der Waals surface area contributed by atoms with Gasteiger partial charge in [0.05, 0.1) is 5.75 Å². The van der Waals surface area contributed by atoms with Crippen molar-refractivity contribution in [2.24, 2.45) is 0 Å². The minimum Gasteiger partial charge on any atom is -0.568 e. The summed E-state index contributed by atoms with van der Waals surface area (Å²) >= 11 is 0. The molecule has 1 nitrogen and oxygen atoms in total. The number of hydrogen-bond acceptors (Lipinski definition) is 1. The molecule has 0 unspecified atom stereocenters. The Morgan fingerprint density at radius 1 is 0.917 bits per heavy atom. The Labute approximate surface area is 72.4 Å². The lowest BCUT2D eigenvalue weighted by molar-refractivity contribution is 0.617. The maximum atomic E-state index is 5.04. The van der Waals surface area contributed by atoms with Gasteiger partial charge < -0.3 is 4.65 Å². The topological polar surface area (TPSA) is 9.23 Å². The number of hydrogen-bond donors (Lipinski definition) is 0. The largest absolute Gasteiger partial charge is 0.568 e. The van der Waals surface area contributed by atoms with Gasteiger partial charge in [-0.05, 0) is 22.9 Å². The van der Waals surface area contributed by atoms with Gasteiger partial charge in [-0.2, -0.15) is 0 Å². The summed E-state index contributed by atoms with van der Waals surface area (Å²) in [6.07, 6.45) is 0. The average Bonchev–Trinajstić information content (AvgIpc) is 2.17. The van der Waals surface area contributed by atoms with Gasteiger partial charge in [-0.15, -0.1) is 0 Å². The molecule has 0 fully saturated rings. The Morgan fingerprint density at radius 2 is 1.67 bits per heavy atom. The van der Waals surface area contributed by atoms with Crippen molar-refractivity contribution in [3.8, 4) is 5.75 Å². The van der Waals surface area contributed by atoms with Gasteiger partial charge in [-0.3, -0.25) is 0 Å². The first-order chi connectivity index (χ1) is 5.90. The second kappa shape index (κ2) is 2.90. The van der Waals surface area contributed by atoms with Crippen LogP contribution in [0.5, 0.6) is 5.75 Å². The van der Waals surface area contributed by atoms with Crippen molar-refractivity contribution < 1.29 is 4.65 Å². The van der Waals surface area contributed by atoms with E-state index in [0.717, 1.165) is 5.39 Å². The summed E-state index contributed by atoms with van der Waals surface area (Å²) in [4.78, 5) is 0. The molecular formula is C10H7BO. The normalized spacial score (nSPS) is 10.0. The summed E-state index contributed by atoms with van der Waals surface area (Å²) in [6, 6.07) is 13.8. The smallest absolute Gasteiger partial charge is 0.374 e. The second-order valence-electron chi connectivity index (χ2n) is 2.63. The minimum atomic E-state index is 0.689. The highest BCUT2D eigenvalue weighted by atomic mass is 16.4. The zero-order valence-corrected chi connectivity index (χ0v) is 6.53. The molecule has 2 rings (SSSR count). The van der Waals surface area contributed by atoms with E-state index in [1.165, 1.54) is 5.39 Å². The van der Waals surface area contributed by atoms with E-state index in [4.69, 9.17) is 8.05 Å². The van der Waals surface area contributed by atoms with E-state index in [0.29, 0.717) is 5.75 Å². The third-order valence-electron chi connectivity index (χ3n) is 1.86. The predicted octanol–water partition coefficient (Wildman–Crippen LogP) is 2.30. The molecule has 0 heterocycles. The molecule has 2 heteroatoms. The SMILES string of the molecule is [B]Oc1ccc2ccccc2c1. The van der Waals surface area contributed by atoms with Crippen molar-refractivity contribution in [1.82, 2.24) is 0 Å². The Kier molecular flexibility index (Phi) is 1.74. The molecule has 0 aliphatic carbocycles. The number of fused-ring (bicyclic) bond motifs is 1. The second-order valence-corrected chi connectivity index (χ2v) is 2.63. The zero-order chi connectivity index (χ0) is 8.39. The maximum Gasteiger partial charge on any atom is 0.374 e. The Morgan fingerprint density at radius 3 is 2.42 bits per heavy atom. The molecule has 0 aliphatic rings. The predicted molar refractivity (Wildman–Crippen MR) is 50.3 cm³/mol. The van der Waals surface area contributed by atoms with Gasteiger partial charge in [-0.25, -0.2) is 0 Å². The molecule has 0 N–H and O–H groups in total. The van der Waals surface area contributed by atoms with E-state index in [-0.39, 0.29) is 0 Å². The Hall–Kier alpha value is -1.44. The zero-order valence-electron chi connectivity index (χ0n) is 6.53. The van der Waals surface area contributed by atoms with Crippen molar-refractivity contribution in [3.63, 3.8) is 0 Å². The average molecular weight is 154 g/mol. The molecule has 2 aromatic rings. The van der Waals surface area contributed by atoms with Crippen molar-refractivity contribution in [3.05, 3.63) is 42.5 Å². The molecule has 2 aromatic carbocycles. The summed E-state index contributed by atoms with van der Waals surface area (Å²) in [5.41, 5.74) is 0. The van der Waals surface area contributed by atoms with Gasteiger partial charge >= 0.3 is 8.05 Å². The lowest BCUT2D eigenvalue weighted by atomic mass is 10.1. The van der Waals surface area contributed by atoms with E-state index in [2.05, 4.69) is 10.7 Å². The fraction of sp³-hybridized carbons (Fsp3) is 0. The van der Waals surface area contributed by atoms with Crippen LogP contribution in [0.15, 0.2) is 42.5 Å². The summed E-state index contributed by atoms with van der Waals surface area (Å²) in [5, 5.41) is 2.33. The maximum absolute atomic E-state index is 5.04. The summed E-state index contributed by atoms with van der Waals surface area (Å²) < 4.78 is 4.62. The Bertz CT molecular complexity index is 398. The highest BCUT2D eigenvalue weighted by Gasteiger charge is 1.93. The fourth-order valence-electron chi connectivity index (χ4n) is 1.24. The van der Waals surface area contributed by atoms with E-state index in [1.54, 1.807) is 0 Å². The molecule has 0 aromatic heterocycles. The molecule has 2 radical (unpaired) electrons. The van der Waals surface area contributed by atoms with Crippen LogP contribution in [-0.2, 0) is 0 Å². The van der Waals surface area contributed by atoms with E-state index in [9.17, 15) is 0 Å². The lowest BCUT2D eigenvalue weighted by Crippen LogP contribution is -1.83. The third-order valence-corrected chi connectivity index (χ3v) is 1.86. The van der Waals surface area contributed by atoms with E-state index < -0.39 is 0 Å². The van der Waals surface area contributed by atoms with Gasteiger partial charge in [0, 0.05) is 0 Å². The van der Waals surface area contributed by atoms with Crippen molar-refractivity contribution in [2.75, 3.05) is 0 Å². The number of benzene rings is 2. The first-order valence-corrected chi connectivity index (χ1v) is 3.76. The van der Waals surface area contributed by atoms with Gasteiger partial charge in [0.25, 0.3) is 0 Å². The molecular weight excluding hydrogens is 147 g/mol. The minimum absolute atomic E-state index is 0.689. The van der Waals surface area contributed by atoms with Gasteiger partial charge in [0.2, 0.25) is 0 Å². The van der Waals surface area contributed by atoms with Crippen LogP contribution in [0.2, 0.25) is 0 Å². The molecule has 0 saturated heterocycles. The standard InChI is InChI=1S/C10H7BO/c11-12-10-6-5-8-3-1-2-4-9(8)7-10/h1-7H. The van der Waals surface area contributed by atoms with Gasteiger partial charge in [0.15, 0.2) is 0 Å². The van der Waals surface area contributed by atoms with E-state index >= 15 is 0 Å². The van der Waals surface area contributed by atoms with Crippen LogP contribution in [0.1, 0.15) is 0 Å². The van der Waals surface area contributed by atoms with Crippen LogP contribution in [0.3, 0.4) is 0 Å². The summed E-state index contributed by atoms with van der Waals surface area (Å²) in [7, 11) is 5.04. The van der Waals surface area contributed by atoms with Crippen LogP contribution < -0.4 is 4.65 Å². The third kappa shape index (κ3) is 1.16. The highest BCUT2D eigenvalue weighted by molar-refractivity contribution is 6.00. The Balaban J connectivity index is 2.67. The lowest BCUT2D eigenvalue weighted by Gasteiger charge is -2.01. The van der Waals surface area contributed by atoms with Crippen molar-refractivity contribution in [2.45, 2.75) is 0 Å². The van der Waals surface area contributed by atoms with Crippen LogP contribution in [0.25, 0.3) is 10.8 Å². The molecule has 0 saturated carbocycles. The molecule has 0 bridgehead atoms. The quantitative estimate of drug-likeness (QED) is 0.572. The molecule has 56 valence electrons. The van der Waals surface area contributed by atoms with Gasteiger partial charge in [0.1, 0.15) is 0 Å². The summed E-state index contributed by atoms with van der Waals surface area (Å²) in [6.45, 7) is 0. The van der Waals surface area contributed by atoms with Crippen LogP contribution in [-0.4, -0.2) is 8.05 Å². The molecule has 0 aliphatic heterocycles. The van der Waals surface area contributed by atoms with Crippen molar-refractivity contribution >= 4 is 18.8 Å². The molecule has 0 atom stereocenters. The molecule has 12 heavy (non-hydrogen) atoms. The monoisotopic (exact) mass is 154 g/mol. The van der Waals surface area contributed by atoms with E-state index in [1.807, 2.05) is 36.4 Å². The first-order valence-electron chi connectivity index (χ1n) is 3.76. The van der Waals surface area contributed by atoms with Crippen LogP contribution >= 0.6 is 0 Å². The van der Waals surface area contributed by atoms with Crippen LogP contribution in [0, 0.1) is 0 Å². The summed E-state index contributed by atoms with van der Waals surface area (Å²) in [5.74, 6) is 0.689. The molecule has 0 spiro atoms. The van der Waals surface area contributed by atoms with Gasteiger partial charge in [-0.1, -0.05) is 30.3 Å². The first kappa shape index (κ1) is 7.23. The molecule has 0 amide bonds. The van der Waals surface area contributed by atoms with Crippen molar-refractivity contribution in [1.29, 1.82) is 0 Å². The highest BCUT2D eigenvalue weighted by Crippen LogP contribution is 2.19.